The van der Waals surface area contributed by atoms with Crippen LogP contribution in [-0.2, 0) is 16.0 Å². The van der Waals surface area contributed by atoms with Crippen LogP contribution in [0.4, 0.5) is 0 Å². The lowest BCUT2D eigenvalue weighted by Crippen LogP contribution is -2.42. The summed E-state index contributed by atoms with van der Waals surface area (Å²) >= 11 is -0.835. The van der Waals surface area contributed by atoms with Gasteiger partial charge in [-0.2, -0.15) is 0 Å². The number of rotatable bonds is 10. The van der Waals surface area contributed by atoms with Crippen molar-refractivity contribution < 1.29 is 14.5 Å². The van der Waals surface area contributed by atoms with E-state index in [9.17, 15) is 9.35 Å². The van der Waals surface area contributed by atoms with E-state index in [0.717, 1.165) is 6.42 Å². The molecule has 0 spiro atoms. The molecule has 0 fully saturated rings. The van der Waals surface area contributed by atoms with Crippen molar-refractivity contribution in [3.05, 3.63) is 0 Å². The number of hydrogen-bond donors (Lipinski definition) is 2. The minimum absolute atomic E-state index is 0.0185. The van der Waals surface area contributed by atoms with E-state index >= 15 is 0 Å². The molecule has 1 atom stereocenters. The van der Waals surface area contributed by atoms with Crippen LogP contribution >= 0.6 is 0 Å². The third-order valence-corrected chi connectivity index (χ3v) is 5.00. The predicted molar refractivity (Wildman–Crippen MR) is 75.9 cm³/mol. The van der Waals surface area contributed by atoms with E-state index < -0.39 is 16.6 Å². The van der Waals surface area contributed by atoms with E-state index in [1.165, 1.54) is 0 Å². The van der Waals surface area contributed by atoms with Gasteiger partial charge in [-0.05, 0) is 25.7 Å². The van der Waals surface area contributed by atoms with Crippen molar-refractivity contribution in [1.29, 1.82) is 0 Å². The van der Waals surface area contributed by atoms with Gasteiger partial charge in [-0.3, -0.25) is 4.79 Å². The normalized spacial score (nSPS) is 13.4. The molecule has 4 nitrogen and oxygen atoms in total. The first-order valence-corrected chi connectivity index (χ1v) is 8.29. The quantitative estimate of drug-likeness (QED) is 0.594. The van der Waals surface area contributed by atoms with Crippen LogP contribution in [0.5, 0.6) is 0 Å². The fourth-order valence-corrected chi connectivity index (χ4v) is 3.04. The Bertz CT molecular complexity index is 232. The Labute approximate surface area is 114 Å². The van der Waals surface area contributed by atoms with Crippen LogP contribution in [0.15, 0.2) is 0 Å². The van der Waals surface area contributed by atoms with Gasteiger partial charge in [-0.1, -0.05) is 31.9 Å². The summed E-state index contributed by atoms with van der Waals surface area (Å²) < 4.78 is 11.5. The Hall–Kier alpha value is -0.260. The van der Waals surface area contributed by atoms with E-state index in [1.54, 1.807) is 0 Å². The molecule has 0 aliphatic carbocycles. The summed E-state index contributed by atoms with van der Waals surface area (Å²) in [4.78, 5) is 12.1. The van der Waals surface area contributed by atoms with E-state index in [2.05, 4.69) is 5.32 Å². The van der Waals surface area contributed by atoms with Gasteiger partial charge in [0.05, 0.1) is 12.0 Å². The zero-order chi connectivity index (χ0) is 14.0. The summed E-state index contributed by atoms with van der Waals surface area (Å²) in [5, 5.41) is 11.9. The van der Waals surface area contributed by atoms with Crippen LogP contribution < -0.4 is 5.32 Å². The number of carbonyl (C=O) groups excluding carboxylic acids is 1. The molecule has 108 valence electrons. The van der Waals surface area contributed by atoms with Gasteiger partial charge in [0.2, 0.25) is 5.91 Å². The Morgan fingerprint density at radius 2 is 1.89 bits per heavy atom. The van der Waals surface area contributed by atoms with Crippen molar-refractivity contribution in [2.24, 2.45) is 5.41 Å². The zero-order valence-corrected chi connectivity index (χ0v) is 12.6. The smallest absolute Gasteiger partial charge is 0.226 e. The van der Waals surface area contributed by atoms with Gasteiger partial charge >= 0.3 is 0 Å². The van der Waals surface area contributed by atoms with Crippen molar-refractivity contribution in [3.63, 3.8) is 0 Å². The number of amides is 1. The molecule has 0 bridgehead atoms. The average Bonchev–Trinajstić information content (AvgIpc) is 2.36. The van der Waals surface area contributed by atoms with Crippen LogP contribution in [0.3, 0.4) is 0 Å². The maximum absolute atomic E-state index is 12.1. The van der Waals surface area contributed by atoms with Gasteiger partial charge in [0.1, 0.15) is 11.5 Å². The lowest BCUT2D eigenvalue weighted by molar-refractivity contribution is -0.132. The van der Waals surface area contributed by atoms with Crippen LogP contribution in [0.1, 0.15) is 46.5 Å². The summed E-state index contributed by atoms with van der Waals surface area (Å²) in [6.07, 6.45) is 2.82. The molecular formula is C13H27NO3S. The van der Waals surface area contributed by atoms with Crippen molar-refractivity contribution in [3.8, 4) is 0 Å². The number of aliphatic hydroxyl groups is 1. The van der Waals surface area contributed by atoms with Crippen LogP contribution in [-0.4, -0.2) is 40.2 Å². The van der Waals surface area contributed by atoms with Crippen LogP contribution in [0, 0.1) is 5.41 Å². The second-order valence-corrected chi connectivity index (χ2v) is 6.26. The molecule has 0 aromatic heterocycles. The zero-order valence-electron chi connectivity index (χ0n) is 11.8. The molecule has 2 N–H and O–H groups in total. The van der Waals surface area contributed by atoms with Gasteiger partial charge in [0, 0.05) is 6.61 Å². The highest BCUT2D eigenvalue weighted by atomic mass is 32.2. The SMILES string of the molecule is CCC[S+]([O-])CCNC(=O)C(CC)(CC)CCO. The number of hydrogen-bond acceptors (Lipinski definition) is 3. The molecule has 1 unspecified atom stereocenters. The summed E-state index contributed by atoms with van der Waals surface area (Å²) in [6, 6.07) is 0. The first kappa shape index (κ1) is 17.7. The molecule has 0 aromatic carbocycles. The van der Waals surface area contributed by atoms with Crippen LogP contribution in [0.25, 0.3) is 0 Å². The van der Waals surface area contributed by atoms with Gasteiger partial charge in [-0.25, -0.2) is 0 Å². The maximum Gasteiger partial charge on any atom is 0.226 e. The van der Waals surface area contributed by atoms with E-state index in [0.29, 0.717) is 37.3 Å². The minimum Gasteiger partial charge on any atom is -0.616 e. The summed E-state index contributed by atoms with van der Waals surface area (Å²) in [7, 11) is 0. The molecule has 0 radical (unpaired) electrons. The van der Waals surface area contributed by atoms with Crippen molar-refractivity contribution in [2.45, 2.75) is 46.5 Å². The Balaban J connectivity index is 4.19. The highest BCUT2D eigenvalue weighted by Crippen LogP contribution is 2.30. The molecule has 0 saturated carbocycles. The molecule has 0 aromatic rings. The van der Waals surface area contributed by atoms with Crippen LogP contribution in [0.2, 0.25) is 0 Å². The largest absolute Gasteiger partial charge is 0.616 e. The predicted octanol–water partition coefficient (Wildman–Crippen LogP) is 1.45. The molecule has 0 aliphatic rings. The van der Waals surface area contributed by atoms with Crippen molar-refractivity contribution in [2.75, 3.05) is 24.7 Å². The average molecular weight is 277 g/mol. The van der Waals surface area contributed by atoms with E-state index in [1.807, 2.05) is 20.8 Å². The molecule has 0 rings (SSSR count). The van der Waals surface area contributed by atoms with E-state index in [-0.39, 0.29) is 12.5 Å². The lowest BCUT2D eigenvalue weighted by atomic mass is 9.78. The fraction of sp³-hybridized carbons (Fsp3) is 0.923. The molecule has 5 heteroatoms. The summed E-state index contributed by atoms with van der Waals surface area (Å²) in [5.41, 5.74) is -0.471. The van der Waals surface area contributed by atoms with Crippen molar-refractivity contribution in [1.82, 2.24) is 5.32 Å². The van der Waals surface area contributed by atoms with Gasteiger partial charge in [0.25, 0.3) is 0 Å². The Morgan fingerprint density at radius 1 is 1.28 bits per heavy atom. The Morgan fingerprint density at radius 3 is 2.33 bits per heavy atom. The van der Waals surface area contributed by atoms with Gasteiger partial charge < -0.3 is 15.0 Å². The van der Waals surface area contributed by atoms with Gasteiger partial charge in [-0.15, -0.1) is 0 Å². The fourth-order valence-electron chi connectivity index (χ4n) is 2.05. The number of carbonyl (C=O) groups is 1. The molecule has 0 heterocycles. The minimum atomic E-state index is -0.835. The molecule has 0 saturated heterocycles. The molecule has 1 amide bonds. The second kappa shape index (κ2) is 9.64. The summed E-state index contributed by atoms with van der Waals surface area (Å²) in [5.74, 6) is 1.19. The monoisotopic (exact) mass is 277 g/mol. The van der Waals surface area contributed by atoms with Crippen molar-refractivity contribution >= 4 is 17.1 Å². The third kappa shape index (κ3) is 5.59. The summed E-state index contributed by atoms with van der Waals surface area (Å²) in [6.45, 7) is 6.41. The van der Waals surface area contributed by atoms with E-state index in [4.69, 9.17) is 5.11 Å². The number of nitrogens with one attached hydrogen (secondary N) is 1. The lowest BCUT2D eigenvalue weighted by Gasteiger charge is -2.29. The first-order valence-electron chi connectivity index (χ1n) is 6.80. The first-order chi connectivity index (χ1) is 8.56. The second-order valence-electron chi connectivity index (χ2n) is 4.57. The number of aliphatic hydroxyl groups excluding tert-OH is 1. The van der Waals surface area contributed by atoms with Gasteiger partial charge in [0.15, 0.2) is 0 Å². The topological polar surface area (TPSA) is 72.4 Å². The standard InChI is InChI=1S/C13H27NO3S/c1-4-10-18(17)11-8-14-12(16)13(5-2,6-3)7-9-15/h15H,4-11H2,1-3H3,(H,14,16). The highest BCUT2D eigenvalue weighted by molar-refractivity contribution is 7.91. The highest BCUT2D eigenvalue weighted by Gasteiger charge is 2.33. The molecule has 18 heavy (non-hydrogen) atoms. The maximum atomic E-state index is 12.1. The Kier molecular flexibility index (Phi) is 9.50. The third-order valence-electron chi connectivity index (χ3n) is 3.47. The molecular weight excluding hydrogens is 250 g/mol. The molecule has 0 aliphatic heterocycles.